The first-order valence-electron chi connectivity index (χ1n) is 4.14. The predicted octanol–water partition coefficient (Wildman–Crippen LogP) is 2.59. The molecule has 0 spiro atoms. The third-order valence-electron chi connectivity index (χ3n) is 1.60. The van der Waals surface area contributed by atoms with Crippen LogP contribution in [0.2, 0.25) is 0 Å². The van der Waals surface area contributed by atoms with Crippen molar-refractivity contribution in [1.82, 2.24) is 0 Å². The van der Waals surface area contributed by atoms with Crippen molar-refractivity contribution >= 4 is 0 Å². The van der Waals surface area contributed by atoms with Gasteiger partial charge in [0.1, 0.15) is 5.75 Å². The van der Waals surface area contributed by atoms with Crippen LogP contribution >= 0.6 is 0 Å². The zero-order valence-electron chi connectivity index (χ0n) is 7.58. The Morgan fingerprint density at radius 1 is 1.33 bits per heavy atom. The minimum atomic E-state index is 0.709. The molecule has 0 amide bonds. The van der Waals surface area contributed by atoms with Gasteiger partial charge in [-0.1, -0.05) is 18.2 Å². The Morgan fingerprint density at radius 2 is 2.08 bits per heavy atom. The van der Waals surface area contributed by atoms with E-state index < -0.39 is 0 Å². The Kier molecular flexibility index (Phi) is 3.61. The number of benzene rings is 1. The lowest BCUT2D eigenvalue weighted by Crippen LogP contribution is -1.95. The summed E-state index contributed by atoms with van der Waals surface area (Å²) in [6.07, 6.45) is 0. The standard InChI is InChI=1S/C10H14NO/c1-3-12-10-7-5-4-6-9(10)8-11-2/h4-7H,3,8H2,1-2H3/q-1. The van der Waals surface area contributed by atoms with Gasteiger partial charge >= 0.3 is 0 Å². The SMILES string of the molecule is CCOc1ccccc1C[N-]C. The zero-order chi connectivity index (χ0) is 8.81. The van der Waals surface area contributed by atoms with E-state index in [4.69, 9.17) is 4.74 Å². The van der Waals surface area contributed by atoms with Crippen LogP contribution in [-0.4, -0.2) is 13.7 Å². The van der Waals surface area contributed by atoms with Crippen molar-refractivity contribution in [2.24, 2.45) is 0 Å². The van der Waals surface area contributed by atoms with E-state index in [1.807, 2.05) is 38.2 Å². The van der Waals surface area contributed by atoms with Gasteiger partial charge in [0.2, 0.25) is 0 Å². The van der Waals surface area contributed by atoms with Crippen LogP contribution in [0.3, 0.4) is 0 Å². The van der Waals surface area contributed by atoms with Gasteiger partial charge in [-0.15, -0.1) is 6.54 Å². The van der Waals surface area contributed by atoms with Crippen molar-refractivity contribution in [3.05, 3.63) is 35.1 Å². The molecule has 0 aromatic heterocycles. The van der Waals surface area contributed by atoms with E-state index in [0.717, 1.165) is 17.9 Å². The van der Waals surface area contributed by atoms with E-state index >= 15 is 0 Å². The fourth-order valence-corrected chi connectivity index (χ4v) is 1.10. The van der Waals surface area contributed by atoms with Crippen molar-refractivity contribution in [1.29, 1.82) is 0 Å². The van der Waals surface area contributed by atoms with Crippen LogP contribution < -0.4 is 4.74 Å². The van der Waals surface area contributed by atoms with Gasteiger partial charge < -0.3 is 10.1 Å². The minimum absolute atomic E-state index is 0.709. The number of nitrogens with zero attached hydrogens (tertiary/aromatic N) is 1. The second-order valence-corrected chi connectivity index (χ2v) is 2.52. The van der Waals surface area contributed by atoms with Crippen molar-refractivity contribution in [2.75, 3.05) is 13.7 Å². The van der Waals surface area contributed by atoms with Gasteiger partial charge in [-0.25, -0.2) is 0 Å². The smallest absolute Gasteiger partial charge is 0.120 e. The fourth-order valence-electron chi connectivity index (χ4n) is 1.10. The van der Waals surface area contributed by atoms with Crippen molar-refractivity contribution in [3.63, 3.8) is 0 Å². The lowest BCUT2D eigenvalue weighted by Gasteiger charge is -2.15. The molecule has 12 heavy (non-hydrogen) atoms. The van der Waals surface area contributed by atoms with Crippen LogP contribution in [-0.2, 0) is 6.54 Å². The third kappa shape index (κ3) is 2.24. The van der Waals surface area contributed by atoms with E-state index in [0.29, 0.717) is 6.61 Å². The first-order chi connectivity index (χ1) is 5.88. The Hall–Kier alpha value is -1.02. The quantitative estimate of drug-likeness (QED) is 0.670. The summed E-state index contributed by atoms with van der Waals surface area (Å²) in [6, 6.07) is 8.00. The van der Waals surface area contributed by atoms with Crippen LogP contribution in [0.4, 0.5) is 0 Å². The molecule has 0 bridgehead atoms. The van der Waals surface area contributed by atoms with E-state index in [-0.39, 0.29) is 0 Å². The molecule has 1 aromatic rings. The van der Waals surface area contributed by atoms with E-state index in [9.17, 15) is 0 Å². The molecular weight excluding hydrogens is 150 g/mol. The predicted molar refractivity (Wildman–Crippen MR) is 50.6 cm³/mol. The number of ether oxygens (including phenoxy) is 1. The Morgan fingerprint density at radius 3 is 2.75 bits per heavy atom. The molecule has 0 unspecified atom stereocenters. The molecule has 1 rings (SSSR count). The minimum Gasteiger partial charge on any atom is -0.661 e. The molecule has 2 nitrogen and oxygen atoms in total. The van der Waals surface area contributed by atoms with Crippen LogP contribution in [0.1, 0.15) is 12.5 Å². The largest absolute Gasteiger partial charge is 0.661 e. The maximum absolute atomic E-state index is 5.43. The summed E-state index contributed by atoms with van der Waals surface area (Å²) in [6.45, 7) is 3.43. The maximum atomic E-state index is 5.43. The van der Waals surface area contributed by atoms with Gasteiger partial charge in [0.15, 0.2) is 0 Å². The molecule has 2 heteroatoms. The van der Waals surface area contributed by atoms with E-state index in [2.05, 4.69) is 5.32 Å². The van der Waals surface area contributed by atoms with Crippen molar-refractivity contribution in [2.45, 2.75) is 13.5 Å². The summed E-state index contributed by atoms with van der Waals surface area (Å²) in [7, 11) is 1.81. The second kappa shape index (κ2) is 4.78. The molecule has 0 aliphatic rings. The summed E-state index contributed by atoms with van der Waals surface area (Å²) >= 11 is 0. The molecule has 0 heterocycles. The summed E-state index contributed by atoms with van der Waals surface area (Å²) in [4.78, 5) is 0. The highest BCUT2D eigenvalue weighted by molar-refractivity contribution is 5.34. The molecule has 1 aromatic carbocycles. The lowest BCUT2D eigenvalue weighted by atomic mass is 10.2. The fraction of sp³-hybridized carbons (Fsp3) is 0.400. The molecule has 0 saturated carbocycles. The summed E-state index contributed by atoms with van der Waals surface area (Å²) in [5.41, 5.74) is 1.15. The average molecular weight is 164 g/mol. The Bertz CT molecular complexity index is 210. The number of hydrogen-bond donors (Lipinski definition) is 0. The van der Waals surface area contributed by atoms with Gasteiger partial charge in [0, 0.05) is 0 Å². The number of hydrogen-bond acceptors (Lipinski definition) is 1. The molecule has 0 atom stereocenters. The maximum Gasteiger partial charge on any atom is 0.120 e. The number of rotatable bonds is 4. The molecule has 0 radical (unpaired) electrons. The van der Waals surface area contributed by atoms with Gasteiger partial charge in [-0.05, 0) is 18.6 Å². The highest BCUT2D eigenvalue weighted by Crippen LogP contribution is 2.19. The molecule has 0 N–H and O–H groups in total. The second-order valence-electron chi connectivity index (χ2n) is 2.52. The highest BCUT2D eigenvalue weighted by atomic mass is 16.5. The van der Waals surface area contributed by atoms with E-state index in [1.54, 1.807) is 0 Å². The molecule has 66 valence electrons. The average Bonchev–Trinajstić information content (AvgIpc) is 2.09. The highest BCUT2D eigenvalue weighted by Gasteiger charge is 1.95. The van der Waals surface area contributed by atoms with Crippen LogP contribution in [0.15, 0.2) is 24.3 Å². The Balaban J connectivity index is 2.77. The summed E-state index contributed by atoms with van der Waals surface area (Å²) in [5, 5.41) is 4.07. The molecule has 0 aliphatic heterocycles. The Labute approximate surface area is 73.6 Å². The summed E-state index contributed by atoms with van der Waals surface area (Å²) in [5.74, 6) is 0.950. The molecule has 0 saturated heterocycles. The van der Waals surface area contributed by atoms with E-state index in [1.165, 1.54) is 0 Å². The normalized spacial score (nSPS) is 9.83. The topological polar surface area (TPSA) is 23.3 Å². The van der Waals surface area contributed by atoms with Gasteiger partial charge in [0.25, 0.3) is 0 Å². The third-order valence-corrected chi connectivity index (χ3v) is 1.60. The monoisotopic (exact) mass is 164 g/mol. The van der Waals surface area contributed by atoms with Crippen molar-refractivity contribution < 1.29 is 4.74 Å². The zero-order valence-corrected chi connectivity index (χ0v) is 7.58. The van der Waals surface area contributed by atoms with Crippen LogP contribution in [0, 0.1) is 0 Å². The summed E-state index contributed by atoms with van der Waals surface area (Å²) < 4.78 is 5.43. The molecular formula is C10H14NO-. The van der Waals surface area contributed by atoms with Gasteiger partial charge in [-0.2, -0.15) is 7.05 Å². The molecule has 0 fully saturated rings. The lowest BCUT2D eigenvalue weighted by molar-refractivity contribution is 0.337. The first-order valence-corrected chi connectivity index (χ1v) is 4.14. The van der Waals surface area contributed by atoms with Crippen LogP contribution in [0.25, 0.3) is 5.32 Å². The number of para-hydroxylation sites is 1. The molecule has 0 aliphatic carbocycles. The van der Waals surface area contributed by atoms with Crippen molar-refractivity contribution in [3.8, 4) is 5.75 Å². The van der Waals surface area contributed by atoms with Gasteiger partial charge in [0.05, 0.1) is 6.61 Å². The first kappa shape index (κ1) is 9.07. The van der Waals surface area contributed by atoms with Crippen LogP contribution in [0.5, 0.6) is 5.75 Å². The van der Waals surface area contributed by atoms with Gasteiger partial charge in [-0.3, -0.25) is 0 Å².